The molecule has 1 aliphatic heterocycles. The van der Waals surface area contributed by atoms with Crippen LogP contribution in [-0.2, 0) is 19.5 Å². The fraction of sp³-hybridized carbons (Fsp3) is 0.360. The number of nitrogens with zero attached hydrogens (tertiary/aromatic N) is 3. The Morgan fingerprint density at radius 3 is 2.29 bits per heavy atom. The van der Waals surface area contributed by atoms with Crippen LogP contribution in [0.3, 0.4) is 0 Å². The molecule has 1 aliphatic rings. The van der Waals surface area contributed by atoms with Crippen LogP contribution in [0.25, 0.3) is 0 Å². The largest absolute Gasteiger partial charge is 0.497 e. The molecule has 0 fully saturated rings. The molecule has 1 aromatic heterocycles. The summed E-state index contributed by atoms with van der Waals surface area (Å²) in [5.74, 6) is 4.04. The second kappa shape index (κ2) is 10.5. The number of ether oxygens (including phenoxy) is 5. The maximum absolute atomic E-state index is 5.59. The van der Waals surface area contributed by atoms with Gasteiger partial charge < -0.3 is 29.0 Å². The van der Waals surface area contributed by atoms with Crippen molar-refractivity contribution in [1.82, 2.24) is 14.9 Å². The van der Waals surface area contributed by atoms with Crippen LogP contribution in [0.5, 0.6) is 28.7 Å². The van der Waals surface area contributed by atoms with Crippen molar-refractivity contribution >= 4 is 11.6 Å². The van der Waals surface area contributed by atoms with Gasteiger partial charge in [0.15, 0.2) is 11.5 Å². The number of rotatable bonds is 9. The highest BCUT2D eigenvalue weighted by Crippen LogP contribution is 2.36. The lowest BCUT2D eigenvalue weighted by Gasteiger charge is -2.29. The Balaban J connectivity index is 1.50. The molecule has 2 heterocycles. The van der Waals surface area contributed by atoms with E-state index in [0.29, 0.717) is 29.7 Å². The van der Waals surface area contributed by atoms with Gasteiger partial charge in [-0.05, 0) is 18.2 Å². The summed E-state index contributed by atoms with van der Waals surface area (Å²) in [5.41, 5.74) is 3.93. The third kappa shape index (κ3) is 4.94. The third-order valence-electron chi connectivity index (χ3n) is 5.85. The molecule has 1 N–H and O–H groups in total. The monoisotopic (exact) mass is 466 g/mol. The molecular weight excluding hydrogens is 436 g/mol. The smallest absolute Gasteiger partial charge is 0.227 e. The van der Waals surface area contributed by atoms with Gasteiger partial charge in [0.1, 0.15) is 17.2 Å². The first-order valence-electron chi connectivity index (χ1n) is 10.9. The zero-order valence-corrected chi connectivity index (χ0v) is 20.2. The van der Waals surface area contributed by atoms with Gasteiger partial charge in [-0.1, -0.05) is 0 Å². The van der Waals surface area contributed by atoms with E-state index in [-0.39, 0.29) is 0 Å². The van der Waals surface area contributed by atoms with E-state index in [1.165, 1.54) is 0 Å². The van der Waals surface area contributed by atoms with E-state index < -0.39 is 0 Å². The number of methoxy groups -OCH3 is 5. The number of hydrogen-bond donors (Lipinski definition) is 1. The van der Waals surface area contributed by atoms with Crippen LogP contribution in [0, 0.1) is 0 Å². The van der Waals surface area contributed by atoms with E-state index in [0.717, 1.165) is 53.5 Å². The van der Waals surface area contributed by atoms with Crippen LogP contribution in [0.2, 0.25) is 0 Å². The molecule has 9 nitrogen and oxygen atoms in total. The molecule has 0 bridgehead atoms. The first-order chi connectivity index (χ1) is 16.6. The molecule has 2 aromatic carbocycles. The molecule has 4 rings (SSSR count). The minimum Gasteiger partial charge on any atom is -0.497 e. The predicted octanol–water partition coefficient (Wildman–Crippen LogP) is 3.82. The molecule has 0 radical (unpaired) electrons. The summed E-state index contributed by atoms with van der Waals surface area (Å²) >= 11 is 0. The maximum atomic E-state index is 5.59. The van der Waals surface area contributed by atoms with E-state index in [9.17, 15) is 0 Å². The van der Waals surface area contributed by atoms with E-state index in [1.54, 1.807) is 35.5 Å². The van der Waals surface area contributed by atoms with E-state index in [1.807, 2.05) is 36.5 Å². The van der Waals surface area contributed by atoms with Gasteiger partial charge in [-0.2, -0.15) is 0 Å². The maximum Gasteiger partial charge on any atom is 0.227 e. The summed E-state index contributed by atoms with van der Waals surface area (Å²) < 4.78 is 27.2. The van der Waals surface area contributed by atoms with E-state index in [4.69, 9.17) is 28.7 Å². The van der Waals surface area contributed by atoms with Gasteiger partial charge in [0.25, 0.3) is 0 Å². The Morgan fingerprint density at radius 1 is 0.853 bits per heavy atom. The zero-order valence-electron chi connectivity index (χ0n) is 20.2. The lowest BCUT2D eigenvalue weighted by Crippen LogP contribution is -2.31. The summed E-state index contributed by atoms with van der Waals surface area (Å²) in [6.07, 6.45) is 2.70. The highest BCUT2D eigenvalue weighted by atomic mass is 16.5. The predicted molar refractivity (Wildman–Crippen MR) is 129 cm³/mol. The molecule has 9 heteroatoms. The molecule has 0 atom stereocenters. The van der Waals surface area contributed by atoms with Crippen LogP contribution < -0.4 is 29.0 Å². The number of fused-ring (bicyclic) bond motifs is 1. The molecule has 0 amide bonds. The molecule has 0 unspecified atom stereocenters. The lowest BCUT2D eigenvalue weighted by atomic mass is 10.1. The van der Waals surface area contributed by atoms with Gasteiger partial charge in [-0.15, -0.1) is 0 Å². The summed E-state index contributed by atoms with van der Waals surface area (Å²) in [6.45, 7) is 2.32. The Morgan fingerprint density at radius 2 is 1.59 bits per heavy atom. The highest BCUT2D eigenvalue weighted by molar-refractivity contribution is 5.65. The first kappa shape index (κ1) is 23.4. The summed E-state index contributed by atoms with van der Waals surface area (Å²) in [7, 11) is 8.17. The van der Waals surface area contributed by atoms with Gasteiger partial charge in [-0.3, -0.25) is 4.90 Å². The van der Waals surface area contributed by atoms with Crippen LogP contribution in [0.15, 0.2) is 36.5 Å². The quantitative estimate of drug-likeness (QED) is 0.506. The summed E-state index contributed by atoms with van der Waals surface area (Å²) in [6, 6.07) is 9.39. The normalized spacial score (nSPS) is 13.1. The van der Waals surface area contributed by atoms with E-state index >= 15 is 0 Å². The van der Waals surface area contributed by atoms with Gasteiger partial charge >= 0.3 is 0 Å². The first-order valence-corrected chi connectivity index (χ1v) is 10.9. The lowest BCUT2D eigenvalue weighted by molar-refractivity contribution is 0.238. The van der Waals surface area contributed by atoms with Gasteiger partial charge in [0.2, 0.25) is 5.95 Å². The SMILES string of the molecule is COc1ccc(OC)c(Nc2ncc3c(n2)CCN(Cc2cc(OC)c(OC)cc2OC)C3)c1. The van der Waals surface area contributed by atoms with Crippen LogP contribution in [0.4, 0.5) is 11.6 Å². The average molecular weight is 467 g/mol. The van der Waals surface area contributed by atoms with Gasteiger partial charge in [-0.25, -0.2) is 9.97 Å². The minimum atomic E-state index is 0.528. The molecule has 34 heavy (non-hydrogen) atoms. The number of aromatic nitrogens is 2. The second-order valence-electron chi connectivity index (χ2n) is 7.84. The van der Waals surface area contributed by atoms with Crippen molar-refractivity contribution in [1.29, 1.82) is 0 Å². The van der Waals surface area contributed by atoms with Gasteiger partial charge in [0, 0.05) is 55.5 Å². The fourth-order valence-corrected chi connectivity index (χ4v) is 4.06. The number of benzene rings is 2. The van der Waals surface area contributed by atoms with Crippen molar-refractivity contribution in [2.24, 2.45) is 0 Å². The molecule has 3 aromatic rings. The molecule has 0 spiro atoms. The molecule has 180 valence electrons. The number of nitrogens with one attached hydrogen (secondary N) is 1. The summed E-state index contributed by atoms with van der Waals surface area (Å²) in [4.78, 5) is 11.6. The van der Waals surface area contributed by atoms with Crippen LogP contribution in [-0.4, -0.2) is 57.0 Å². The molecule has 0 aliphatic carbocycles. The Kier molecular flexibility index (Phi) is 7.22. The third-order valence-corrected chi connectivity index (χ3v) is 5.85. The van der Waals surface area contributed by atoms with Crippen molar-refractivity contribution < 1.29 is 23.7 Å². The highest BCUT2D eigenvalue weighted by Gasteiger charge is 2.21. The molecule has 0 saturated carbocycles. The van der Waals surface area contributed by atoms with Crippen molar-refractivity contribution in [2.75, 3.05) is 47.4 Å². The second-order valence-corrected chi connectivity index (χ2v) is 7.84. The minimum absolute atomic E-state index is 0.528. The van der Waals surface area contributed by atoms with Crippen molar-refractivity contribution in [2.45, 2.75) is 19.5 Å². The average Bonchev–Trinajstić information content (AvgIpc) is 2.88. The molecule has 0 saturated heterocycles. The number of hydrogen-bond acceptors (Lipinski definition) is 9. The topological polar surface area (TPSA) is 87.2 Å². The van der Waals surface area contributed by atoms with Crippen LogP contribution >= 0.6 is 0 Å². The van der Waals surface area contributed by atoms with Crippen LogP contribution in [0.1, 0.15) is 16.8 Å². The zero-order chi connectivity index (χ0) is 24.1. The fourth-order valence-electron chi connectivity index (χ4n) is 4.06. The van der Waals surface area contributed by atoms with Crippen molar-refractivity contribution in [3.05, 3.63) is 53.3 Å². The van der Waals surface area contributed by atoms with Gasteiger partial charge in [0.05, 0.1) is 46.9 Å². The number of anilines is 2. The van der Waals surface area contributed by atoms with E-state index in [2.05, 4.69) is 15.2 Å². The van der Waals surface area contributed by atoms with Crippen molar-refractivity contribution in [3.8, 4) is 28.7 Å². The van der Waals surface area contributed by atoms with Crippen molar-refractivity contribution in [3.63, 3.8) is 0 Å². The Hall–Kier alpha value is -3.72. The Bertz CT molecular complexity index is 1150. The summed E-state index contributed by atoms with van der Waals surface area (Å²) in [5, 5.41) is 3.25. The standard InChI is InChI=1S/C25H30N4O5/c1-30-18-6-7-21(31-2)20(11-18)28-25-26-13-17-15-29(9-8-19(17)27-25)14-16-10-23(33-4)24(34-5)12-22(16)32-3/h6-7,10-13H,8-9,14-15H2,1-5H3,(H,26,27,28). The Labute approximate surface area is 199 Å². The molecular formula is C25H30N4O5.